The van der Waals surface area contributed by atoms with Crippen LogP contribution in [-0.2, 0) is 4.74 Å². The Balaban J connectivity index is 2.61. The summed E-state index contributed by atoms with van der Waals surface area (Å²) in [5, 5.41) is 10.3. The van der Waals surface area contributed by atoms with E-state index < -0.39 is 17.7 Å². The van der Waals surface area contributed by atoms with Crippen LogP contribution in [-0.4, -0.2) is 40.8 Å². The van der Waals surface area contributed by atoms with Gasteiger partial charge < -0.3 is 4.74 Å². The summed E-state index contributed by atoms with van der Waals surface area (Å²) in [4.78, 5) is 15.6. The lowest BCUT2D eigenvalue weighted by Gasteiger charge is -2.27. The summed E-state index contributed by atoms with van der Waals surface area (Å²) < 4.78 is 5.04. The fourth-order valence-corrected chi connectivity index (χ4v) is 1.30. The van der Waals surface area contributed by atoms with Gasteiger partial charge in [-0.25, -0.2) is 4.79 Å². The SMILES string of the molecule is CC1=C[C@@H](N(O)C(=O)OC(C)(C)C)CN=C1. The molecule has 1 rings (SSSR count). The van der Waals surface area contributed by atoms with E-state index in [9.17, 15) is 10.0 Å². The van der Waals surface area contributed by atoms with Crippen molar-refractivity contribution in [1.29, 1.82) is 0 Å². The number of hydroxylamine groups is 2. The van der Waals surface area contributed by atoms with E-state index in [1.54, 1.807) is 33.1 Å². The van der Waals surface area contributed by atoms with Gasteiger partial charge in [0.2, 0.25) is 0 Å². The summed E-state index contributed by atoms with van der Waals surface area (Å²) in [6.45, 7) is 7.46. The molecule has 0 aliphatic carbocycles. The third-order valence-corrected chi connectivity index (χ3v) is 1.94. The molecule has 0 radical (unpaired) electrons. The maximum atomic E-state index is 11.5. The molecular formula is C11H18N2O3. The monoisotopic (exact) mass is 226 g/mol. The van der Waals surface area contributed by atoms with Gasteiger partial charge in [-0.3, -0.25) is 10.2 Å². The molecule has 0 aromatic carbocycles. The highest BCUT2D eigenvalue weighted by molar-refractivity contribution is 5.79. The van der Waals surface area contributed by atoms with Crippen molar-refractivity contribution in [3.8, 4) is 0 Å². The second kappa shape index (κ2) is 4.65. The van der Waals surface area contributed by atoms with Crippen LogP contribution in [0.4, 0.5) is 4.79 Å². The maximum Gasteiger partial charge on any atom is 0.434 e. The average Bonchev–Trinajstić information content (AvgIpc) is 2.14. The van der Waals surface area contributed by atoms with Crippen molar-refractivity contribution in [2.45, 2.75) is 39.3 Å². The Hall–Kier alpha value is -1.36. The Morgan fingerprint density at radius 2 is 2.25 bits per heavy atom. The zero-order valence-electron chi connectivity index (χ0n) is 10.1. The lowest BCUT2D eigenvalue weighted by atomic mass is 10.1. The molecule has 1 amide bonds. The summed E-state index contributed by atoms with van der Waals surface area (Å²) in [5.74, 6) is 0. The number of hydrogen-bond acceptors (Lipinski definition) is 4. The molecule has 0 unspecified atom stereocenters. The summed E-state index contributed by atoms with van der Waals surface area (Å²) in [7, 11) is 0. The van der Waals surface area contributed by atoms with Crippen LogP contribution >= 0.6 is 0 Å². The largest absolute Gasteiger partial charge is 0.442 e. The predicted octanol–water partition coefficient (Wildman–Crippen LogP) is 2.01. The van der Waals surface area contributed by atoms with Gasteiger partial charge in [0.15, 0.2) is 0 Å². The predicted molar refractivity (Wildman–Crippen MR) is 60.8 cm³/mol. The molecule has 5 nitrogen and oxygen atoms in total. The molecule has 0 bridgehead atoms. The highest BCUT2D eigenvalue weighted by atomic mass is 16.6. The Kier molecular flexibility index (Phi) is 3.70. The number of nitrogens with zero attached hydrogens (tertiary/aromatic N) is 2. The van der Waals surface area contributed by atoms with Crippen LogP contribution in [0.5, 0.6) is 0 Å². The zero-order chi connectivity index (χ0) is 12.3. The van der Waals surface area contributed by atoms with Gasteiger partial charge in [-0.2, -0.15) is 5.06 Å². The smallest absolute Gasteiger partial charge is 0.434 e. The first-order chi connectivity index (χ1) is 7.29. The summed E-state index contributed by atoms with van der Waals surface area (Å²) >= 11 is 0. The molecule has 0 spiro atoms. The van der Waals surface area contributed by atoms with Gasteiger partial charge in [0, 0.05) is 6.21 Å². The first-order valence-electron chi connectivity index (χ1n) is 5.19. The van der Waals surface area contributed by atoms with Gasteiger partial charge in [0.05, 0.1) is 6.54 Å². The van der Waals surface area contributed by atoms with E-state index in [-0.39, 0.29) is 0 Å². The summed E-state index contributed by atoms with van der Waals surface area (Å²) in [6, 6.07) is -0.445. The molecule has 0 aromatic heterocycles. The number of amides is 1. The molecule has 0 saturated carbocycles. The highest BCUT2D eigenvalue weighted by Gasteiger charge is 2.26. The number of dihydropyridines is 1. The minimum Gasteiger partial charge on any atom is -0.442 e. The molecule has 5 heteroatoms. The van der Waals surface area contributed by atoms with Crippen LogP contribution in [0.1, 0.15) is 27.7 Å². The van der Waals surface area contributed by atoms with Gasteiger partial charge in [0.1, 0.15) is 11.6 Å². The third-order valence-electron chi connectivity index (χ3n) is 1.94. The molecule has 1 atom stereocenters. The number of allylic oxidation sites excluding steroid dienone is 1. The minimum absolute atomic E-state index is 0.354. The van der Waals surface area contributed by atoms with E-state index in [0.29, 0.717) is 11.6 Å². The van der Waals surface area contributed by atoms with E-state index in [2.05, 4.69) is 4.99 Å². The molecule has 0 saturated heterocycles. The fourth-order valence-electron chi connectivity index (χ4n) is 1.30. The topological polar surface area (TPSA) is 62.1 Å². The van der Waals surface area contributed by atoms with Crippen LogP contribution in [0.2, 0.25) is 0 Å². The van der Waals surface area contributed by atoms with Gasteiger partial charge in [-0.1, -0.05) is 6.08 Å². The molecule has 1 N–H and O–H groups in total. The Bertz CT molecular complexity index is 329. The second-order valence-electron chi connectivity index (χ2n) is 4.80. The zero-order valence-corrected chi connectivity index (χ0v) is 10.1. The van der Waals surface area contributed by atoms with Crippen LogP contribution in [0.15, 0.2) is 16.6 Å². The lowest BCUT2D eigenvalue weighted by Crippen LogP contribution is -2.42. The van der Waals surface area contributed by atoms with Crippen molar-refractivity contribution in [3.63, 3.8) is 0 Å². The van der Waals surface area contributed by atoms with Gasteiger partial charge in [-0.05, 0) is 33.3 Å². The summed E-state index contributed by atoms with van der Waals surface area (Å²) in [6.07, 6.45) is 2.73. The normalized spacial score (nSPS) is 20.3. The van der Waals surface area contributed by atoms with E-state index in [4.69, 9.17) is 4.74 Å². The van der Waals surface area contributed by atoms with Crippen molar-refractivity contribution in [3.05, 3.63) is 11.6 Å². The van der Waals surface area contributed by atoms with Crippen molar-refractivity contribution >= 4 is 12.3 Å². The number of carbonyl (C=O) groups excluding carboxylic acids is 1. The van der Waals surface area contributed by atoms with Crippen LogP contribution in [0.25, 0.3) is 0 Å². The first-order valence-corrected chi connectivity index (χ1v) is 5.19. The number of rotatable bonds is 1. The van der Waals surface area contributed by atoms with E-state index in [1.807, 2.05) is 6.92 Å². The van der Waals surface area contributed by atoms with E-state index in [0.717, 1.165) is 5.57 Å². The second-order valence-corrected chi connectivity index (χ2v) is 4.80. The van der Waals surface area contributed by atoms with Gasteiger partial charge in [0.25, 0.3) is 0 Å². The lowest BCUT2D eigenvalue weighted by molar-refractivity contribution is -0.108. The molecule has 0 fully saturated rings. The van der Waals surface area contributed by atoms with Crippen LogP contribution in [0.3, 0.4) is 0 Å². The first kappa shape index (κ1) is 12.7. The Morgan fingerprint density at radius 1 is 1.62 bits per heavy atom. The fraction of sp³-hybridized carbons (Fsp3) is 0.636. The third kappa shape index (κ3) is 3.66. The van der Waals surface area contributed by atoms with Gasteiger partial charge >= 0.3 is 6.09 Å². The van der Waals surface area contributed by atoms with Crippen molar-refractivity contribution in [2.24, 2.45) is 4.99 Å². The number of hydrogen-bond donors (Lipinski definition) is 1. The number of carbonyl (C=O) groups is 1. The average molecular weight is 226 g/mol. The van der Waals surface area contributed by atoms with Crippen molar-refractivity contribution in [2.75, 3.05) is 6.54 Å². The van der Waals surface area contributed by atoms with Crippen molar-refractivity contribution in [1.82, 2.24) is 5.06 Å². The molecule has 1 aliphatic heterocycles. The minimum atomic E-state index is -0.751. The summed E-state index contributed by atoms with van der Waals surface area (Å²) in [5.41, 5.74) is 0.299. The molecule has 90 valence electrons. The Morgan fingerprint density at radius 3 is 2.75 bits per heavy atom. The molecular weight excluding hydrogens is 208 g/mol. The van der Waals surface area contributed by atoms with E-state index >= 15 is 0 Å². The molecule has 0 aromatic rings. The van der Waals surface area contributed by atoms with Crippen LogP contribution in [0, 0.1) is 0 Å². The number of ether oxygens (including phenoxy) is 1. The molecule has 16 heavy (non-hydrogen) atoms. The van der Waals surface area contributed by atoms with E-state index in [1.165, 1.54) is 0 Å². The molecule has 1 aliphatic rings. The molecule has 1 heterocycles. The quantitative estimate of drug-likeness (QED) is 0.549. The van der Waals surface area contributed by atoms with Crippen LogP contribution < -0.4 is 0 Å². The highest BCUT2D eigenvalue weighted by Crippen LogP contribution is 2.13. The standard InChI is InChI=1S/C11H18N2O3/c1-8-5-9(7-12-6-8)13(15)10(14)16-11(2,3)4/h5-6,9,15H,7H2,1-4H3/t9-/m1/s1. The maximum absolute atomic E-state index is 11.5. The van der Waals surface area contributed by atoms with Gasteiger partial charge in [-0.15, -0.1) is 0 Å². The van der Waals surface area contributed by atoms with Crippen molar-refractivity contribution < 1.29 is 14.7 Å². The Labute approximate surface area is 95.4 Å². The number of aliphatic imine (C=N–C) groups is 1.